The topological polar surface area (TPSA) is 28.7 Å². The van der Waals surface area contributed by atoms with Crippen molar-refractivity contribution in [1.82, 2.24) is 10.2 Å². The van der Waals surface area contributed by atoms with E-state index in [9.17, 15) is 8.78 Å². The van der Waals surface area contributed by atoms with Crippen molar-refractivity contribution in [2.24, 2.45) is 0 Å². The molecule has 0 aliphatic rings. The predicted molar refractivity (Wildman–Crippen MR) is 48.7 cm³/mol. The van der Waals surface area contributed by atoms with E-state index in [0.717, 1.165) is 23.8 Å². The first-order valence-corrected chi connectivity index (χ1v) is 4.14. The van der Waals surface area contributed by atoms with Gasteiger partial charge in [-0.15, -0.1) is 0 Å². The molecular weight excluding hydrogens is 186 g/mol. The number of benzene rings is 1. The Bertz CT molecular complexity index is 463. The van der Waals surface area contributed by atoms with Crippen LogP contribution in [0.25, 0.3) is 11.3 Å². The standard InChI is InChI=1S/C10H8F2N2/c1-6-5-13-14-10(6)8-4-7(11)2-3-9(8)12/h2-5H,1H3,(H,13,14). The first-order valence-electron chi connectivity index (χ1n) is 4.14. The van der Waals surface area contributed by atoms with Gasteiger partial charge in [0.2, 0.25) is 0 Å². The lowest BCUT2D eigenvalue weighted by Crippen LogP contribution is -1.88. The minimum atomic E-state index is -0.463. The van der Waals surface area contributed by atoms with Crippen LogP contribution >= 0.6 is 0 Å². The third-order valence-corrected chi connectivity index (χ3v) is 2.03. The fourth-order valence-electron chi connectivity index (χ4n) is 1.31. The van der Waals surface area contributed by atoms with Gasteiger partial charge in [0.1, 0.15) is 11.6 Å². The van der Waals surface area contributed by atoms with Gasteiger partial charge in [-0.25, -0.2) is 8.78 Å². The van der Waals surface area contributed by atoms with E-state index in [1.807, 2.05) is 0 Å². The molecule has 14 heavy (non-hydrogen) atoms. The van der Waals surface area contributed by atoms with Gasteiger partial charge >= 0.3 is 0 Å². The van der Waals surface area contributed by atoms with Crippen molar-refractivity contribution in [3.63, 3.8) is 0 Å². The first-order chi connectivity index (χ1) is 6.68. The number of hydrogen-bond acceptors (Lipinski definition) is 1. The molecule has 1 N–H and O–H groups in total. The third kappa shape index (κ3) is 1.39. The van der Waals surface area contributed by atoms with E-state index < -0.39 is 11.6 Å². The van der Waals surface area contributed by atoms with Crippen LogP contribution in [0.1, 0.15) is 5.56 Å². The highest BCUT2D eigenvalue weighted by atomic mass is 19.1. The molecule has 0 spiro atoms. The summed E-state index contributed by atoms with van der Waals surface area (Å²) in [6.45, 7) is 1.78. The van der Waals surface area contributed by atoms with Gasteiger partial charge in [0.05, 0.1) is 11.9 Å². The van der Waals surface area contributed by atoms with Crippen LogP contribution < -0.4 is 0 Å². The summed E-state index contributed by atoms with van der Waals surface area (Å²) in [6.07, 6.45) is 1.57. The number of aryl methyl sites for hydroxylation is 1. The molecule has 4 heteroatoms. The Morgan fingerprint density at radius 2 is 2.07 bits per heavy atom. The van der Waals surface area contributed by atoms with Gasteiger partial charge in [-0.05, 0) is 30.7 Å². The summed E-state index contributed by atoms with van der Waals surface area (Å²) in [6, 6.07) is 3.34. The lowest BCUT2D eigenvalue weighted by Gasteiger charge is -2.01. The molecule has 2 aromatic rings. The molecule has 0 saturated heterocycles. The molecule has 0 unspecified atom stereocenters. The summed E-state index contributed by atoms with van der Waals surface area (Å²) in [5.74, 6) is -0.922. The van der Waals surface area contributed by atoms with E-state index in [2.05, 4.69) is 10.2 Å². The van der Waals surface area contributed by atoms with Crippen molar-refractivity contribution in [3.8, 4) is 11.3 Å². The van der Waals surface area contributed by atoms with Crippen LogP contribution in [-0.2, 0) is 0 Å². The molecule has 0 amide bonds. The number of hydrogen-bond donors (Lipinski definition) is 1. The summed E-state index contributed by atoms with van der Waals surface area (Å²) in [5.41, 5.74) is 1.51. The maximum absolute atomic E-state index is 13.3. The van der Waals surface area contributed by atoms with Crippen molar-refractivity contribution in [3.05, 3.63) is 41.6 Å². The van der Waals surface area contributed by atoms with Crippen molar-refractivity contribution in [2.75, 3.05) is 0 Å². The monoisotopic (exact) mass is 194 g/mol. The molecule has 0 fully saturated rings. The molecule has 1 heterocycles. The molecule has 0 aliphatic heterocycles. The molecule has 0 saturated carbocycles. The fraction of sp³-hybridized carbons (Fsp3) is 0.100. The Balaban J connectivity index is 2.62. The summed E-state index contributed by atoms with van der Waals surface area (Å²) in [4.78, 5) is 0. The fourth-order valence-corrected chi connectivity index (χ4v) is 1.31. The minimum Gasteiger partial charge on any atom is -0.277 e. The first kappa shape index (κ1) is 8.87. The highest BCUT2D eigenvalue weighted by Crippen LogP contribution is 2.24. The van der Waals surface area contributed by atoms with Gasteiger partial charge in [0.25, 0.3) is 0 Å². The van der Waals surface area contributed by atoms with Gasteiger partial charge in [-0.2, -0.15) is 5.10 Å². The molecule has 2 nitrogen and oxygen atoms in total. The molecule has 1 aromatic heterocycles. The Labute approximate surface area is 79.6 Å². The van der Waals surface area contributed by atoms with Gasteiger partial charge in [0, 0.05) is 5.56 Å². The quantitative estimate of drug-likeness (QED) is 0.742. The average Bonchev–Trinajstić information content (AvgIpc) is 2.56. The van der Waals surface area contributed by atoms with E-state index in [4.69, 9.17) is 0 Å². The highest BCUT2D eigenvalue weighted by molar-refractivity contribution is 5.62. The maximum Gasteiger partial charge on any atom is 0.132 e. The van der Waals surface area contributed by atoms with Gasteiger partial charge in [-0.3, -0.25) is 5.10 Å². The van der Waals surface area contributed by atoms with Crippen LogP contribution in [0.4, 0.5) is 8.78 Å². The smallest absolute Gasteiger partial charge is 0.132 e. The van der Waals surface area contributed by atoms with Crippen LogP contribution in [0.3, 0.4) is 0 Å². The van der Waals surface area contributed by atoms with E-state index >= 15 is 0 Å². The Morgan fingerprint density at radius 1 is 1.29 bits per heavy atom. The number of H-pyrrole nitrogens is 1. The summed E-state index contributed by atoms with van der Waals surface area (Å²) < 4.78 is 26.2. The molecule has 1 aromatic carbocycles. The lowest BCUT2D eigenvalue weighted by atomic mass is 10.1. The molecule has 72 valence electrons. The van der Waals surface area contributed by atoms with Crippen LogP contribution in [0.5, 0.6) is 0 Å². The van der Waals surface area contributed by atoms with Crippen LogP contribution in [0.2, 0.25) is 0 Å². The number of halogens is 2. The average molecular weight is 194 g/mol. The molecule has 0 aliphatic carbocycles. The summed E-state index contributed by atoms with van der Waals surface area (Å²) >= 11 is 0. The second-order valence-corrected chi connectivity index (χ2v) is 3.05. The number of aromatic amines is 1. The number of nitrogens with one attached hydrogen (secondary N) is 1. The Kier molecular flexibility index (Phi) is 2.04. The Morgan fingerprint density at radius 3 is 2.71 bits per heavy atom. The molecule has 0 bridgehead atoms. The van der Waals surface area contributed by atoms with Crippen molar-refractivity contribution in [2.45, 2.75) is 6.92 Å². The second-order valence-electron chi connectivity index (χ2n) is 3.05. The third-order valence-electron chi connectivity index (χ3n) is 2.03. The zero-order chi connectivity index (χ0) is 10.1. The van der Waals surface area contributed by atoms with Crippen LogP contribution in [0.15, 0.2) is 24.4 Å². The summed E-state index contributed by atoms with van der Waals surface area (Å²) in [5, 5.41) is 6.39. The zero-order valence-electron chi connectivity index (χ0n) is 7.51. The highest BCUT2D eigenvalue weighted by Gasteiger charge is 2.10. The second kappa shape index (κ2) is 3.21. The van der Waals surface area contributed by atoms with Gasteiger partial charge in [0.15, 0.2) is 0 Å². The van der Waals surface area contributed by atoms with Crippen molar-refractivity contribution in [1.29, 1.82) is 0 Å². The zero-order valence-corrected chi connectivity index (χ0v) is 7.51. The molecule has 0 radical (unpaired) electrons. The van der Waals surface area contributed by atoms with Gasteiger partial charge in [-0.1, -0.05) is 0 Å². The predicted octanol–water partition coefficient (Wildman–Crippen LogP) is 2.66. The molecular formula is C10H8F2N2. The largest absolute Gasteiger partial charge is 0.277 e. The van der Waals surface area contributed by atoms with Gasteiger partial charge < -0.3 is 0 Å². The van der Waals surface area contributed by atoms with Crippen LogP contribution in [-0.4, -0.2) is 10.2 Å². The SMILES string of the molecule is Cc1cn[nH]c1-c1cc(F)ccc1F. The summed E-state index contributed by atoms with van der Waals surface area (Å²) in [7, 11) is 0. The normalized spacial score (nSPS) is 10.5. The van der Waals surface area contributed by atoms with E-state index in [1.165, 1.54) is 0 Å². The van der Waals surface area contributed by atoms with E-state index in [1.54, 1.807) is 13.1 Å². The van der Waals surface area contributed by atoms with E-state index in [-0.39, 0.29) is 5.56 Å². The number of aromatic nitrogens is 2. The van der Waals surface area contributed by atoms with Crippen molar-refractivity contribution < 1.29 is 8.78 Å². The number of nitrogens with zero attached hydrogens (tertiary/aromatic N) is 1. The Hall–Kier alpha value is -1.71. The minimum absolute atomic E-state index is 0.208. The van der Waals surface area contributed by atoms with E-state index in [0.29, 0.717) is 5.69 Å². The lowest BCUT2D eigenvalue weighted by molar-refractivity contribution is 0.602. The van der Waals surface area contributed by atoms with Crippen molar-refractivity contribution >= 4 is 0 Å². The number of rotatable bonds is 1. The van der Waals surface area contributed by atoms with Crippen LogP contribution in [0, 0.1) is 18.6 Å². The molecule has 2 rings (SSSR count). The molecule has 0 atom stereocenters. The maximum atomic E-state index is 13.3.